The van der Waals surface area contributed by atoms with Crippen molar-refractivity contribution in [1.82, 2.24) is 29.4 Å². The minimum absolute atomic E-state index is 0.186. The van der Waals surface area contributed by atoms with E-state index in [0.717, 1.165) is 24.0 Å². The second-order valence-corrected chi connectivity index (χ2v) is 6.99. The molecule has 3 heterocycles. The molecule has 1 aromatic carbocycles. The van der Waals surface area contributed by atoms with Crippen molar-refractivity contribution in [2.24, 2.45) is 0 Å². The molecular weight excluding hydrogens is 368 g/mol. The van der Waals surface area contributed by atoms with Gasteiger partial charge in [0.25, 0.3) is 5.56 Å². The highest BCUT2D eigenvalue weighted by Gasteiger charge is 2.27. The summed E-state index contributed by atoms with van der Waals surface area (Å²) >= 11 is 6.01. The average Bonchev–Trinajstić information content (AvgIpc) is 3.44. The van der Waals surface area contributed by atoms with Gasteiger partial charge >= 0.3 is 0 Å². The van der Waals surface area contributed by atoms with Gasteiger partial charge < -0.3 is 4.74 Å². The fourth-order valence-electron chi connectivity index (χ4n) is 3.24. The van der Waals surface area contributed by atoms with Crippen molar-refractivity contribution < 1.29 is 4.74 Å². The zero-order valence-electron chi connectivity index (χ0n) is 14.5. The first-order valence-corrected chi connectivity index (χ1v) is 8.95. The van der Waals surface area contributed by atoms with E-state index < -0.39 is 0 Å². The molecule has 1 aliphatic rings. The van der Waals surface area contributed by atoms with E-state index in [9.17, 15) is 4.79 Å². The molecule has 9 heteroatoms. The molecule has 0 N–H and O–H groups in total. The van der Waals surface area contributed by atoms with Crippen LogP contribution in [0.2, 0.25) is 5.02 Å². The van der Waals surface area contributed by atoms with E-state index in [1.807, 2.05) is 12.1 Å². The molecular formula is C18H15ClN6O2. The third-order valence-corrected chi connectivity index (χ3v) is 4.94. The van der Waals surface area contributed by atoms with Crippen LogP contribution in [-0.2, 0) is 11.3 Å². The number of halogens is 1. The molecule has 0 amide bonds. The zero-order valence-corrected chi connectivity index (χ0v) is 15.2. The summed E-state index contributed by atoms with van der Waals surface area (Å²) in [5, 5.41) is 13.7. The fraction of sp³-hybridized carbons (Fsp3) is 0.278. The van der Waals surface area contributed by atoms with Gasteiger partial charge in [0.15, 0.2) is 16.8 Å². The maximum absolute atomic E-state index is 12.7. The Labute approximate surface area is 158 Å². The smallest absolute Gasteiger partial charge is 0.283 e. The standard InChI is InChI=1S/C18H15ClN6O2/c1-27-8-13-14(10-2-4-11(19)5-3-10)16-22-21-15-17(25(16)23-13)20-9-24(18(15)26)12-6-7-12/h2-5,9,12H,6-8H2,1H3. The van der Waals surface area contributed by atoms with Crippen LogP contribution in [-0.4, -0.2) is 36.5 Å². The van der Waals surface area contributed by atoms with Crippen molar-refractivity contribution >= 4 is 28.4 Å². The Morgan fingerprint density at radius 3 is 2.67 bits per heavy atom. The van der Waals surface area contributed by atoms with Crippen LogP contribution in [0.15, 0.2) is 35.4 Å². The van der Waals surface area contributed by atoms with E-state index in [-0.39, 0.29) is 17.1 Å². The summed E-state index contributed by atoms with van der Waals surface area (Å²) < 4.78 is 8.50. The van der Waals surface area contributed by atoms with Crippen LogP contribution in [0.3, 0.4) is 0 Å². The molecule has 0 radical (unpaired) electrons. The second kappa shape index (κ2) is 6.11. The lowest BCUT2D eigenvalue weighted by molar-refractivity contribution is 0.181. The van der Waals surface area contributed by atoms with Crippen molar-refractivity contribution in [3.8, 4) is 11.1 Å². The molecule has 0 bridgehead atoms. The first-order chi connectivity index (χ1) is 13.2. The van der Waals surface area contributed by atoms with E-state index in [2.05, 4.69) is 20.3 Å². The highest BCUT2D eigenvalue weighted by molar-refractivity contribution is 6.30. The molecule has 27 heavy (non-hydrogen) atoms. The SMILES string of the molecule is COCc1nn2c(nnc3c(=O)n(C4CC4)cnc32)c1-c1ccc(Cl)cc1. The van der Waals surface area contributed by atoms with Crippen LogP contribution in [0.25, 0.3) is 27.9 Å². The summed E-state index contributed by atoms with van der Waals surface area (Å²) in [7, 11) is 1.60. The summed E-state index contributed by atoms with van der Waals surface area (Å²) in [6, 6.07) is 7.61. The van der Waals surface area contributed by atoms with Crippen molar-refractivity contribution in [3.05, 3.63) is 51.7 Å². The lowest BCUT2D eigenvalue weighted by atomic mass is 10.1. The Kier molecular flexibility index (Phi) is 3.70. The molecule has 1 saturated carbocycles. The van der Waals surface area contributed by atoms with Crippen LogP contribution >= 0.6 is 11.6 Å². The fourth-order valence-corrected chi connectivity index (χ4v) is 3.37. The molecule has 0 saturated heterocycles. The number of benzene rings is 1. The molecule has 0 spiro atoms. The van der Waals surface area contributed by atoms with Crippen LogP contribution in [0.4, 0.5) is 0 Å². The van der Waals surface area contributed by atoms with Gasteiger partial charge in [-0.15, -0.1) is 10.2 Å². The third-order valence-electron chi connectivity index (χ3n) is 4.69. The van der Waals surface area contributed by atoms with E-state index in [4.69, 9.17) is 16.3 Å². The number of hydrogen-bond acceptors (Lipinski definition) is 6. The summed E-state index contributed by atoms with van der Waals surface area (Å²) in [6.07, 6.45) is 3.55. The molecule has 5 rings (SSSR count). The van der Waals surface area contributed by atoms with Crippen molar-refractivity contribution in [2.45, 2.75) is 25.5 Å². The highest BCUT2D eigenvalue weighted by atomic mass is 35.5. The summed E-state index contributed by atoms with van der Waals surface area (Å²) in [6.45, 7) is 0.294. The first kappa shape index (κ1) is 16.3. The Morgan fingerprint density at radius 1 is 1.19 bits per heavy atom. The zero-order chi connectivity index (χ0) is 18.5. The summed E-state index contributed by atoms with van der Waals surface area (Å²) in [4.78, 5) is 17.2. The first-order valence-electron chi connectivity index (χ1n) is 8.57. The van der Waals surface area contributed by atoms with Crippen LogP contribution in [0.5, 0.6) is 0 Å². The summed E-state index contributed by atoms with van der Waals surface area (Å²) in [5.74, 6) is 0. The van der Waals surface area contributed by atoms with Gasteiger partial charge in [-0.05, 0) is 30.5 Å². The Balaban J connectivity index is 1.80. The number of methoxy groups -OCH3 is 1. The van der Waals surface area contributed by atoms with Gasteiger partial charge in [0.2, 0.25) is 0 Å². The Morgan fingerprint density at radius 2 is 1.96 bits per heavy atom. The average molecular weight is 383 g/mol. The molecule has 0 atom stereocenters. The molecule has 3 aromatic heterocycles. The van der Waals surface area contributed by atoms with E-state index >= 15 is 0 Å². The predicted octanol–water partition coefficient (Wildman–Crippen LogP) is 2.64. The maximum Gasteiger partial charge on any atom is 0.283 e. The van der Waals surface area contributed by atoms with Crippen molar-refractivity contribution in [1.29, 1.82) is 0 Å². The molecule has 0 aliphatic heterocycles. The molecule has 1 fully saturated rings. The minimum atomic E-state index is -0.186. The third kappa shape index (κ3) is 2.60. The number of rotatable bonds is 4. The molecule has 8 nitrogen and oxygen atoms in total. The van der Waals surface area contributed by atoms with Gasteiger partial charge in [-0.3, -0.25) is 9.36 Å². The van der Waals surface area contributed by atoms with Gasteiger partial charge in [-0.1, -0.05) is 23.7 Å². The Hall–Kier alpha value is -2.84. The number of fused-ring (bicyclic) bond motifs is 3. The van der Waals surface area contributed by atoms with E-state index in [0.29, 0.717) is 28.6 Å². The van der Waals surface area contributed by atoms with Crippen LogP contribution in [0.1, 0.15) is 24.6 Å². The lowest BCUT2D eigenvalue weighted by Crippen LogP contribution is -2.22. The van der Waals surface area contributed by atoms with Crippen LogP contribution < -0.4 is 5.56 Å². The van der Waals surface area contributed by atoms with Gasteiger partial charge in [0.05, 0.1) is 17.9 Å². The Bertz CT molecular complexity index is 1230. The number of hydrogen-bond donors (Lipinski definition) is 0. The minimum Gasteiger partial charge on any atom is -0.378 e. The van der Waals surface area contributed by atoms with Crippen molar-refractivity contribution in [3.63, 3.8) is 0 Å². The highest BCUT2D eigenvalue weighted by Crippen LogP contribution is 2.33. The van der Waals surface area contributed by atoms with E-state index in [1.165, 1.54) is 0 Å². The van der Waals surface area contributed by atoms with Crippen LogP contribution in [0, 0.1) is 0 Å². The van der Waals surface area contributed by atoms with Gasteiger partial charge in [0.1, 0.15) is 6.33 Å². The largest absolute Gasteiger partial charge is 0.378 e. The number of ether oxygens (including phenoxy) is 1. The van der Waals surface area contributed by atoms with Gasteiger partial charge in [-0.2, -0.15) is 9.61 Å². The normalized spacial score (nSPS) is 14.3. The van der Waals surface area contributed by atoms with Gasteiger partial charge in [0, 0.05) is 18.2 Å². The molecule has 136 valence electrons. The van der Waals surface area contributed by atoms with Gasteiger partial charge in [-0.25, -0.2) is 4.98 Å². The quantitative estimate of drug-likeness (QED) is 0.539. The predicted molar refractivity (Wildman–Crippen MR) is 99.8 cm³/mol. The van der Waals surface area contributed by atoms with Crippen molar-refractivity contribution in [2.75, 3.05) is 7.11 Å². The second-order valence-electron chi connectivity index (χ2n) is 6.56. The number of aromatic nitrogens is 6. The number of nitrogens with zero attached hydrogens (tertiary/aromatic N) is 6. The molecule has 4 aromatic rings. The molecule has 0 unspecified atom stereocenters. The maximum atomic E-state index is 12.7. The topological polar surface area (TPSA) is 87.2 Å². The monoisotopic (exact) mass is 382 g/mol. The van der Waals surface area contributed by atoms with E-state index in [1.54, 1.807) is 34.7 Å². The lowest BCUT2D eigenvalue weighted by Gasteiger charge is -2.05. The summed E-state index contributed by atoms with van der Waals surface area (Å²) in [5.41, 5.74) is 3.31. The molecule has 1 aliphatic carbocycles.